The summed E-state index contributed by atoms with van der Waals surface area (Å²) in [6.45, 7) is 11.2. The average molecular weight is 374 g/mol. The first-order valence-corrected chi connectivity index (χ1v) is 11.2. The third-order valence-corrected chi connectivity index (χ3v) is 5.85. The lowest BCUT2D eigenvalue weighted by Crippen LogP contribution is -2.28. The largest absolute Gasteiger partial charge is 0.371 e. The number of hydrogen-bond acceptors (Lipinski definition) is 4. The Balaban J connectivity index is 1.94. The average Bonchev–Trinajstić information content (AvgIpc) is 3.08. The van der Waals surface area contributed by atoms with Crippen LogP contribution in [-0.4, -0.2) is 23.3 Å². The molecule has 0 aliphatic heterocycles. The Kier molecular flexibility index (Phi) is 9.10. The maximum Gasteiger partial charge on any atom is 0.117 e. The van der Waals surface area contributed by atoms with Crippen LogP contribution in [0.4, 0.5) is 5.69 Å². The molecule has 0 amide bonds. The van der Waals surface area contributed by atoms with E-state index in [4.69, 9.17) is 0 Å². The van der Waals surface area contributed by atoms with Crippen LogP contribution >= 0.6 is 11.3 Å². The number of anilines is 1. The van der Waals surface area contributed by atoms with Crippen molar-refractivity contribution in [1.82, 2.24) is 10.2 Å². The number of para-hydroxylation sites is 1. The zero-order valence-corrected chi connectivity index (χ0v) is 17.9. The summed E-state index contributed by atoms with van der Waals surface area (Å²) in [5.74, 6) is 0. The molecule has 0 radical (unpaired) electrons. The molecule has 0 fully saturated rings. The van der Waals surface area contributed by atoms with Gasteiger partial charge in [-0.1, -0.05) is 51.8 Å². The monoisotopic (exact) mass is 373 g/mol. The summed E-state index contributed by atoms with van der Waals surface area (Å²) in [6, 6.07) is 6.85. The smallest absolute Gasteiger partial charge is 0.117 e. The second kappa shape index (κ2) is 11.3. The molecular formula is C22H35N3S. The second-order valence-corrected chi connectivity index (χ2v) is 8.26. The van der Waals surface area contributed by atoms with Crippen LogP contribution in [0.15, 0.2) is 18.2 Å². The third-order valence-electron chi connectivity index (χ3n) is 4.95. The Morgan fingerprint density at radius 3 is 2.15 bits per heavy atom. The van der Waals surface area contributed by atoms with Crippen molar-refractivity contribution in [1.29, 1.82) is 0 Å². The van der Waals surface area contributed by atoms with E-state index >= 15 is 0 Å². The maximum atomic E-state index is 4.24. The molecule has 1 aromatic carbocycles. The molecule has 0 aliphatic carbocycles. The van der Waals surface area contributed by atoms with E-state index in [1.165, 1.54) is 67.0 Å². The highest BCUT2D eigenvalue weighted by atomic mass is 32.1. The molecule has 4 heteroatoms. The molecule has 144 valence electrons. The Labute approximate surface area is 163 Å². The summed E-state index contributed by atoms with van der Waals surface area (Å²) in [5, 5.41) is 10.6. The van der Waals surface area contributed by atoms with Gasteiger partial charge in [0.1, 0.15) is 10.0 Å². The number of rotatable bonds is 12. The Hall–Kier alpha value is -1.42. The Bertz CT molecular complexity index is 628. The van der Waals surface area contributed by atoms with Crippen molar-refractivity contribution in [3.05, 3.63) is 39.3 Å². The van der Waals surface area contributed by atoms with Crippen molar-refractivity contribution in [2.24, 2.45) is 0 Å². The maximum absolute atomic E-state index is 4.24. The number of unbranched alkanes of at least 4 members (excludes halogenated alkanes) is 3. The minimum absolute atomic E-state index is 1.08. The fourth-order valence-electron chi connectivity index (χ4n) is 3.50. The molecule has 2 aromatic rings. The second-order valence-electron chi connectivity index (χ2n) is 7.00. The van der Waals surface area contributed by atoms with Crippen molar-refractivity contribution < 1.29 is 0 Å². The highest BCUT2D eigenvalue weighted by Crippen LogP contribution is 2.28. The summed E-state index contributed by atoms with van der Waals surface area (Å²) in [4.78, 5) is 2.66. The first-order valence-electron chi connectivity index (χ1n) is 10.3. The van der Waals surface area contributed by atoms with Gasteiger partial charge >= 0.3 is 0 Å². The summed E-state index contributed by atoms with van der Waals surface area (Å²) in [6.07, 6.45) is 9.55. The summed E-state index contributed by atoms with van der Waals surface area (Å²) >= 11 is 1.74. The van der Waals surface area contributed by atoms with E-state index in [2.05, 4.69) is 54.1 Å². The number of benzene rings is 1. The van der Waals surface area contributed by atoms with Crippen LogP contribution in [0.3, 0.4) is 0 Å². The van der Waals surface area contributed by atoms with Crippen LogP contribution in [0, 0.1) is 6.92 Å². The van der Waals surface area contributed by atoms with E-state index < -0.39 is 0 Å². The zero-order valence-electron chi connectivity index (χ0n) is 17.1. The van der Waals surface area contributed by atoms with E-state index in [1.54, 1.807) is 11.3 Å². The van der Waals surface area contributed by atoms with Crippen LogP contribution in [0.1, 0.15) is 74.0 Å². The first kappa shape index (κ1) is 20.9. The number of aromatic nitrogens is 2. The third kappa shape index (κ3) is 6.08. The molecular weight excluding hydrogens is 338 g/mol. The van der Waals surface area contributed by atoms with Gasteiger partial charge in [0.2, 0.25) is 0 Å². The van der Waals surface area contributed by atoms with Gasteiger partial charge in [0, 0.05) is 25.2 Å². The molecule has 0 spiro atoms. The summed E-state index contributed by atoms with van der Waals surface area (Å²) < 4.78 is 0. The molecule has 1 aromatic heterocycles. The number of hydrogen-bond donors (Lipinski definition) is 0. The van der Waals surface area contributed by atoms with Crippen LogP contribution < -0.4 is 4.90 Å². The van der Waals surface area contributed by atoms with Gasteiger partial charge in [0.15, 0.2) is 0 Å². The molecule has 0 aliphatic rings. The van der Waals surface area contributed by atoms with Crippen molar-refractivity contribution >= 4 is 17.0 Å². The normalized spacial score (nSPS) is 11.1. The molecule has 1 heterocycles. The molecule has 0 N–H and O–H groups in total. The van der Waals surface area contributed by atoms with Crippen molar-refractivity contribution in [2.45, 2.75) is 79.1 Å². The van der Waals surface area contributed by atoms with Gasteiger partial charge in [0.05, 0.1) is 0 Å². The van der Waals surface area contributed by atoms with Gasteiger partial charge in [-0.25, -0.2) is 0 Å². The zero-order chi connectivity index (χ0) is 18.8. The molecule has 0 saturated carbocycles. The number of aryl methyl sites for hydroxylation is 4. The van der Waals surface area contributed by atoms with E-state index in [1.807, 2.05) is 6.92 Å². The molecule has 0 bridgehead atoms. The molecule has 2 rings (SSSR count). The lowest BCUT2D eigenvalue weighted by atomic mass is 10.0. The Morgan fingerprint density at radius 2 is 1.58 bits per heavy atom. The van der Waals surface area contributed by atoms with Crippen LogP contribution in [0.25, 0.3) is 0 Å². The molecule has 0 unspecified atom stereocenters. The van der Waals surface area contributed by atoms with Gasteiger partial charge in [-0.3, -0.25) is 0 Å². The van der Waals surface area contributed by atoms with Crippen molar-refractivity contribution in [3.8, 4) is 0 Å². The first-order chi connectivity index (χ1) is 12.7. The lowest BCUT2D eigenvalue weighted by Gasteiger charge is -2.29. The van der Waals surface area contributed by atoms with Crippen LogP contribution in [0.2, 0.25) is 0 Å². The van der Waals surface area contributed by atoms with E-state index in [9.17, 15) is 0 Å². The SMILES string of the molecule is CCCCN(CCCCCc1nnc(C)s1)c1c(CC)cccc1CC. The predicted molar refractivity (Wildman–Crippen MR) is 115 cm³/mol. The van der Waals surface area contributed by atoms with Gasteiger partial charge in [-0.15, -0.1) is 21.5 Å². The highest BCUT2D eigenvalue weighted by Gasteiger charge is 2.14. The van der Waals surface area contributed by atoms with E-state index in [0.29, 0.717) is 0 Å². The molecule has 0 atom stereocenters. The number of nitrogens with zero attached hydrogens (tertiary/aromatic N) is 3. The quantitative estimate of drug-likeness (QED) is 0.428. The van der Waals surface area contributed by atoms with Crippen molar-refractivity contribution in [3.63, 3.8) is 0 Å². The fourth-order valence-corrected chi connectivity index (χ4v) is 4.25. The van der Waals surface area contributed by atoms with E-state index in [-0.39, 0.29) is 0 Å². The fraction of sp³-hybridized carbons (Fsp3) is 0.636. The standard InChI is InChI=1S/C22H35N3S/c1-5-8-16-25(22-19(6-2)13-12-14-20(22)7-3)17-11-9-10-15-21-24-23-18(4)26-21/h12-14H,5-11,15-17H2,1-4H3. The topological polar surface area (TPSA) is 29.0 Å². The van der Waals surface area contributed by atoms with E-state index in [0.717, 1.165) is 24.3 Å². The highest BCUT2D eigenvalue weighted by molar-refractivity contribution is 7.11. The molecule has 26 heavy (non-hydrogen) atoms. The van der Waals surface area contributed by atoms with Crippen LogP contribution in [-0.2, 0) is 19.3 Å². The lowest BCUT2D eigenvalue weighted by molar-refractivity contribution is 0.631. The Morgan fingerprint density at radius 1 is 0.885 bits per heavy atom. The summed E-state index contributed by atoms with van der Waals surface area (Å²) in [5.41, 5.74) is 4.53. The molecule has 0 saturated heterocycles. The van der Waals surface area contributed by atoms with Gasteiger partial charge in [-0.05, 0) is 50.2 Å². The van der Waals surface area contributed by atoms with Gasteiger partial charge < -0.3 is 4.90 Å². The molecule has 3 nitrogen and oxygen atoms in total. The van der Waals surface area contributed by atoms with Crippen LogP contribution in [0.5, 0.6) is 0 Å². The van der Waals surface area contributed by atoms with Gasteiger partial charge in [0.25, 0.3) is 0 Å². The summed E-state index contributed by atoms with van der Waals surface area (Å²) in [7, 11) is 0. The minimum Gasteiger partial charge on any atom is -0.371 e. The van der Waals surface area contributed by atoms with Gasteiger partial charge in [-0.2, -0.15) is 0 Å². The predicted octanol–water partition coefficient (Wildman–Crippen LogP) is 5.99. The van der Waals surface area contributed by atoms with Crippen molar-refractivity contribution in [2.75, 3.05) is 18.0 Å². The minimum atomic E-state index is 1.08.